The largest absolute Gasteiger partial charge is 0.354 e. The first kappa shape index (κ1) is 14.4. The van der Waals surface area contributed by atoms with Crippen LogP contribution in [0, 0.1) is 11.8 Å². The van der Waals surface area contributed by atoms with Gasteiger partial charge >= 0.3 is 0 Å². The van der Waals surface area contributed by atoms with Crippen LogP contribution in [0.5, 0.6) is 0 Å². The summed E-state index contributed by atoms with van der Waals surface area (Å²) in [6.07, 6.45) is 5.05. The first-order valence-corrected chi connectivity index (χ1v) is 7.57. The molecule has 1 fully saturated rings. The van der Waals surface area contributed by atoms with Crippen molar-refractivity contribution in [1.82, 2.24) is 5.32 Å². The summed E-state index contributed by atoms with van der Waals surface area (Å²) in [4.78, 5) is 12.0. The second kappa shape index (κ2) is 6.95. The summed E-state index contributed by atoms with van der Waals surface area (Å²) in [5.74, 6) is 1.33. The fraction of sp³-hybridized carbons (Fsp3) is 0.562. The molecule has 0 bridgehead atoms. The van der Waals surface area contributed by atoms with Gasteiger partial charge < -0.3 is 5.32 Å². The van der Waals surface area contributed by atoms with E-state index in [1.807, 2.05) is 30.3 Å². The maximum atomic E-state index is 12.0. The molecule has 3 unspecified atom stereocenters. The molecule has 2 rings (SSSR count). The Kier molecular flexibility index (Phi) is 5.26. The topological polar surface area (TPSA) is 29.1 Å². The molecule has 0 radical (unpaired) electrons. The highest BCUT2D eigenvalue weighted by Gasteiger charge is 2.21. The molecular formula is C16H22ClNO. The molecule has 1 aromatic carbocycles. The van der Waals surface area contributed by atoms with E-state index in [-0.39, 0.29) is 5.91 Å². The molecule has 3 heteroatoms. The SMILES string of the molecule is CC1CCCC(CNC(=O)C(Cl)c2ccccc2)C1. The third-order valence-electron chi connectivity index (χ3n) is 3.93. The summed E-state index contributed by atoms with van der Waals surface area (Å²) < 4.78 is 0. The van der Waals surface area contributed by atoms with Gasteiger partial charge in [-0.2, -0.15) is 0 Å². The summed E-state index contributed by atoms with van der Waals surface area (Å²) in [6.45, 7) is 3.06. The van der Waals surface area contributed by atoms with Gasteiger partial charge in [0, 0.05) is 6.54 Å². The molecular weight excluding hydrogens is 258 g/mol. The first-order chi connectivity index (χ1) is 9.16. The lowest BCUT2D eigenvalue weighted by molar-refractivity contribution is -0.121. The van der Waals surface area contributed by atoms with Crippen molar-refractivity contribution in [3.63, 3.8) is 0 Å². The highest BCUT2D eigenvalue weighted by atomic mass is 35.5. The van der Waals surface area contributed by atoms with Crippen molar-refractivity contribution in [3.05, 3.63) is 35.9 Å². The fourth-order valence-corrected chi connectivity index (χ4v) is 3.08. The number of rotatable bonds is 4. The van der Waals surface area contributed by atoms with Crippen molar-refractivity contribution in [3.8, 4) is 0 Å². The van der Waals surface area contributed by atoms with E-state index < -0.39 is 5.38 Å². The normalized spacial score (nSPS) is 24.7. The molecule has 0 heterocycles. The standard InChI is InChI=1S/C16H22ClNO/c1-12-6-5-7-13(10-12)11-18-16(19)15(17)14-8-3-2-4-9-14/h2-4,8-9,12-13,15H,5-7,10-11H2,1H3,(H,18,19). The Bertz CT molecular complexity index is 406. The van der Waals surface area contributed by atoms with E-state index in [9.17, 15) is 4.79 Å². The van der Waals surface area contributed by atoms with Crippen molar-refractivity contribution in [1.29, 1.82) is 0 Å². The van der Waals surface area contributed by atoms with Crippen LogP contribution in [0.1, 0.15) is 43.5 Å². The van der Waals surface area contributed by atoms with E-state index in [1.54, 1.807) is 0 Å². The number of carbonyl (C=O) groups is 1. The van der Waals surface area contributed by atoms with Crippen molar-refractivity contribution >= 4 is 17.5 Å². The fourth-order valence-electron chi connectivity index (χ4n) is 2.85. The second-order valence-electron chi connectivity index (χ2n) is 5.66. The van der Waals surface area contributed by atoms with Gasteiger partial charge in [-0.1, -0.05) is 50.1 Å². The Labute approximate surface area is 120 Å². The van der Waals surface area contributed by atoms with Gasteiger partial charge in [-0.15, -0.1) is 11.6 Å². The molecule has 0 aliphatic heterocycles. The predicted octanol–water partition coefficient (Wildman–Crippen LogP) is 3.91. The molecule has 2 nitrogen and oxygen atoms in total. The molecule has 19 heavy (non-hydrogen) atoms. The Hall–Kier alpha value is -1.02. The van der Waals surface area contributed by atoms with E-state index in [2.05, 4.69) is 12.2 Å². The molecule has 104 valence electrons. The van der Waals surface area contributed by atoms with Crippen molar-refractivity contribution in [2.24, 2.45) is 11.8 Å². The summed E-state index contributed by atoms with van der Waals surface area (Å²) >= 11 is 6.19. The lowest BCUT2D eigenvalue weighted by atomic mass is 9.82. The lowest BCUT2D eigenvalue weighted by Gasteiger charge is -2.27. The van der Waals surface area contributed by atoms with Crippen molar-refractivity contribution < 1.29 is 4.79 Å². The molecule has 1 amide bonds. The molecule has 0 spiro atoms. The van der Waals surface area contributed by atoms with Crippen LogP contribution >= 0.6 is 11.6 Å². The van der Waals surface area contributed by atoms with E-state index in [4.69, 9.17) is 11.6 Å². The van der Waals surface area contributed by atoms with Gasteiger partial charge in [0.25, 0.3) is 0 Å². The van der Waals surface area contributed by atoms with E-state index >= 15 is 0 Å². The lowest BCUT2D eigenvalue weighted by Crippen LogP contribution is -2.33. The molecule has 1 aliphatic carbocycles. The van der Waals surface area contributed by atoms with Crippen LogP contribution in [0.4, 0.5) is 0 Å². The van der Waals surface area contributed by atoms with Crippen molar-refractivity contribution in [2.75, 3.05) is 6.54 Å². The number of nitrogens with one attached hydrogen (secondary N) is 1. The second-order valence-corrected chi connectivity index (χ2v) is 6.09. The van der Waals surface area contributed by atoms with Gasteiger partial charge in [0.05, 0.1) is 0 Å². The Morgan fingerprint density at radius 1 is 1.37 bits per heavy atom. The summed E-state index contributed by atoms with van der Waals surface area (Å²) in [5, 5.41) is 2.42. The van der Waals surface area contributed by atoms with Crippen LogP contribution in [-0.2, 0) is 4.79 Å². The maximum absolute atomic E-state index is 12.0. The molecule has 1 N–H and O–H groups in total. The molecule has 1 aromatic rings. The van der Waals surface area contributed by atoms with Gasteiger partial charge in [-0.3, -0.25) is 4.79 Å². The zero-order valence-electron chi connectivity index (χ0n) is 11.4. The molecule has 0 saturated heterocycles. The minimum absolute atomic E-state index is 0.0777. The molecule has 1 aliphatic rings. The van der Waals surface area contributed by atoms with Crippen LogP contribution in [0.3, 0.4) is 0 Å². The summed E-state index contributed by atoms with van der Waals surface area (Å²) in [7, 11) is 0. The number of alkyl halides is 1. The number of halogens is 1. The number of hydrogen-bond acceptors (Lipinski definition) is 1. The Balaban J connectivity index is 1.81. The van der Waals surface area contributed by atoms with Crippen LogP contribution in [0.15, 0.2) is 30.3 Å². The van der Waals surface area contributed by atoms with Crippen molar-refractivity contribution in [2.45, 2.75) is 38.0 Å². The number of carbonyl (C=O) groups excluding carboxylic acids is 1. The van der Waals surface area contributed by atoms with Crippen LogP contribution in [0.2, 0.25) is 0 Å². The van der Waals surface area contributed by atoms with E-state index in [0.717, 1.165) is 18.0 Å². The number of benzene rings is 1. The van der Waals surface area contributed by atoms with Gasteiger partial charge in [0.15, 0.2) is 0 Å². The van der Waals surface area contributed by atoms with Gasteiger partial charge in [-0.05, 0) is 30.2 Å². The molecule has 0 aromatic heterocycles. The number of hydrogen-bond donors (Lipinski definition) is 1. The third-order valence-corrected chi connectivity index (χ3v) is 4.38. The first-order valence-electron chi connectivity index (χ1n) is 7.13. The van der Waals surface area contributed by atoms with Crippen LogP contribution in [-0.4, -0.2) is 12.5 Å². The predicted molar refractivity (Wildman–Crippen MR) is 79.2 cm³/mol. The van der Waals surface area contributed by atoms with Gasteiger partial charge in [-0.25, -0.2) is 0 Å². The Morgan fingerprint density at radius 3 is 2.79 bits per heavy atom. The molecule has 3 atom stereocenters. The summed E-state index contributed by atoms with van der Waals surface area (Å²) in [5.41, 5.74) is 0.860. The average Bonchev–Trinajstić information content (AvgIpc) is 2.45. The highest BCUT2D eigenvalue weighted by molar-refractivity contribution is 6.30. The summed E-state index contributed by atoms with van der Waals surface area (Å²) in [6, 6.07) is 9.51. The average molecular weight is 280 g/mol. The van der Waals surface area contributed by atoms with Gasteiger partial charge in [0.1, 0.15) is 5.38 Å². The highest BCUT2D eigenvalue weighted by Crippen LogP contribution is 2.28. The minimum Gasteiger partial charge on any atom is -0.354 e. The minimum atomic E-state index is -0.581. The monoisotopic (exact) mass is 279 g/mol. The van der Waals surface area contributed by atoms with Gasteiger partial charge in [0.2, 0.25) is 5.91 Å². The molecule has 1 saturated carbocycles. The zero-order valence-corrected chi connectivity index (χ0v) is 12.2. The zero-order chi connectivity index (χ0) is 13.7. The number of amides is 1. The quantitative estimate of drug-likeness (QED) is 0.832. The third kappa shape index (κ3) is 4.24. The van der Waals surface area contributed by atoms with E-state index in [1.165, 1.54) is 25.7 Å². The van der Waals surface area contributed by atoms with Crippen LogP contribution in [0.25, 0.3) is 0 Å². The Morgan fingerprint density at radius 2 is 2.11 bits per heavy atom. The van der Waals surface area contributed by atoms with E-state index in [0.29, 0.717) is 5.92 Å². The van der Waals surface area contributed by atoms with Crippen LogP contribution < -0.4 is 5.32 Å². The smallest absolute Gasteiger partial charge is 0.242 e. The maximum Gasteiger partial charge on any atom is 0.242 e.